The van der Waals surface area contributed by atoms with Crippen LogP contribution in [0.3, 0.4) is 0 Å². The number of nitrogens with one attached hydrogen (secondary N) is 1. The van der Waals surface area contributed by atoms with Gasteiger partial charge in [-0.05, 0) is 54.3 Å². The number of fused-ring (bicyclic) bond motifs is 1. The zero-order chi connectivity index (χ0) is 19.5. The lowest BCUT2D eigenvalue weighted by molar-refractivity contribution is 0.102. The Bertz CT molecular complexity index is 1020. The first kappa shape index (κ1) is 18.0. The molecule has 0 bridgehead atoms. The molecule has 1 aliphatic rings. The number of hydrogen-bond acceptors (Lipinski definition) is 4. The van der Waals surface area contributed by atoms with E-state index in [-0.39, 0.29) is 5.91 Å². The minimum Gasteiger partial charge on any atom is -0.495 e. The van der Waals surface area contributed by atoms with Crippen LogP contribution in [0, 0.1) is 6.92 Å². The summed E-state index contributed by atoms with van der Waals surface area (Å²) in [6.07, 6.45) is 2.69. The Labute approximate surface area is 165 Å². The van der Waals surface area contributed by atoms with Crippen LogP contribution in [0.15, 0.2) is 60.8 Å². The van der Waals surface area contributed by atoms with Crippen LogP contribution in [0.5, 0.6) is 5.75 Å². The van der Waals surface area contributed by atoms with E-state index in [0.717, 1.165) is 30.8 Å². The molecule has 1 aliphatic heterocycles. The average molecular weight is 373 g/mol. The molecule has 0 fully saturated rings. The van der Waals surface area contributed by atoms with Crippen molar-refractivity contribution < 1.29 is 9.53 Å². The highest BCUT2D eigenvalue weighted by molar-refractivity contribution is 6.04. The number of pyridine rings is 1. The summed E-state index contributed by atoms with van der Waals surface area (Å²) in [5.41, 5.74) is 5.82. The van der Waals surface area contributed by atoms with E-state index in [0.29, 0.717) is 17.1 Å². The molecule has 1 aromatic heterocycles. The van der Waals surface area contributed by atoms with Crippen molar-refractivity contribution >= 4 is 17.3 Å². The molecule has 0 spiro atoms. The number of aromatic nitrogens is 1. The SMILES string of the molecule is COc1ccc(C)cc1NC(=O)c1cc(N2CCc3ccccc3C2)ccn1. The number of hydrogen-bond donors (Lipinski definition) is 1. The Morgan fingerprint density at radius 2 is 1.93 bits per heavy atom. The van der Waals surface area contributed by atoms with Crippen molar-refractivity contribution in [1.82, 2.24) is 4.98 Å². The van der Waals surface area contributed by atoms with Crippen LogP contribution < -0.4 is 15.0 Å². The van der Waals surface area contributed by atoms with Gasteiger partial charge in [0.1, 0.15) is 11.4 Å². The van der Waals surface area contributed by atoms with E-state index in [9.17, 15) is 4.79 Å². The summed E-state index contributed by atoms with van der Waals surface area (Å²) >= 11 is 0. The molecule has 2 heterocycles. The van der Waals surface area contributed by atoms with Crippen LogP contribution in [0.2, 0.25) is 0 Å². The molecular weight excluding hydrogens is 350 g/mol. The van der Waals surface area contributed by atoms with E-state index >= 15 is 0 Å². The third kappa shape index (κ3) is 3.69. The van der Waals surface area contributed by atoms with Crippen LogP contribution in [0.4, 0.5) is 11.4 Å². The van der Waals surface area contributed by atoms with Gasteiger partial charge in [0.15, 0.2) is 0 Å². The van der Waals surface area contributed by atoms with Crippen molar-refractivity contribution in [3.63, 3.8) is 0 Å². The second-order valence-electron chi connectivity index (χ2n) is 7.00. The lowest BCUT2D eigenvalue weighted by Gasteiger charge is -2.30. The number of aryl methyl sites for hydroxylation is 1. The van der Waals surface area contributed by atoms with Gasteiger partial charge in [0.05, 0.1) is 12.8 Å². The number of ether oxygens (including phenoxy) is 1. The maximum Gasteiger partial charge on any atom is 0.274 e. The fourth-order valence-corrected chi connectivity index (χ4v) is 3.56. The Hall–Kier alpha value is -3.34. The highest BCUT2D eigenvalue weighted by Crippen LogP contribution is 2.27. The van der Waals surface area contributed by atoms with Crippen LogP contribution >= 0.6 is 0 Å². The van der Waals surface area contributed by atoms with Crippen LogP contribution in [-0.2, 0) is 13.0 Å². The zero-order valence-corrected chi connectivity index (χ0v) is 16.1. The van der Waals surface area contributed by atoms with Gasteiger partial charge in [-0.1, -0.05) is 30.3 Å². The minimum absolute atomic E-state index is 0.247. The molecule has 142 valence electrons. The molecule has 5 heteroatoms. The number of methoxy groups -OCH3 is 1. The van der Waals surface area contributed by atoms with Crippen molar-refractivity contribution in [3.8, 4) is 5.75 Å². The maximum atomic E-state index is 12.8. The highest BCUT2D eigenvalue weighted by atomic mass is 16.5. The monoisotopic (exact) mass is 373 g/mol. The standard InChI is InChI=1S/C23H23N3O2/c1-16-7-8-22(28-2)20(13-16)25-23(27)21-14-19(9-11-24-21)26-12-10-17-5-3-4-6-18(17)15-26/h3-9,11,13-14H,10,12,15H2,1-2H3,(H,25,27). The van der Waals surface area contributed by atoms with E-state index in [2.05, 4.69) is 39.5 Å². The van der Waals surface area contributed by atoms with Gasteiger partial charge < -0.3 is 15.0 Å². The Balaban J connectivity index is 1.54. The molecule has 0 unspecified atom stereocenters. The Morgan fingerprint density at radius 1 is 1.11 bits per heavy atom. The maximum absolute atomic E-state index is 12.8. The van der Waals surface area contributed by atoms with E-state index in [1.807, 2.05) is 37.3 Å². The van der Waals surface area contributed by atoms with Crippen LogP contribution in [-0.4, -0.2) is 24.5 Å². The summed E-state index contributed by atoms with van der Waals surface area (Å²) in [6.45, 7) is 3.74. The molecule has 0 atom stereocenters. The quantitative estimate of drug-likeness (QED) is 0.744. The number of carbonyl (C=O) groups excluding carboxylic acids is 1. The van der Waals surface area contributed by atoms with E-state index in [1.54, 1.807) is 13.3 Å². The normalized spacial score (nSPS) is 13.0. The summed E-state index contributed by atoms with van der Waals surface area (Å²) in [5, 5.41) is 2.92. The number of nitrogens with zero attached hydrogens (tertiary/aromatic N) is 2. The summed E-state index contributed by atoms with van der Waals surface area (Å²) < 4.78 is 5.35. The summed E-state index contributed by atoms with van der Waals surface area (Å²) in [4.78, 5) is 19.3. The second kappa shape index (κ2) is 7.72. The molecule has 3 aromatic rings. The molecule has 0 saturated heterocycles. The first-order valence-electron chi connectivity index (χ1n) is 9.38. The van der Waals surface area contributed by atoms with E-state index < -0.39 is 0 Å². The molecule has 0 aliphatic carbocycles. The van der Waals surface area contributed by atoms with Crippen molar-refractivity contribution in [2.24, 2.45) is 0 Å². The predicted molar refractivity (Wildman–Crippen MR) is 111 cm³/mol. The molecular formula is C23H23N3O2. The number of anilines is 2. The minimum atomic E-state index is -0.247. The lowest BCUT2D eigenvalue weighted by atomic mass is 9.99. The largest absolute Gasteiger partial charge is 0.495 e. The number of rotatable bonds is 4. The molecule has 1 N–H and O–H groups in total. The van der Waals surface area contributed by atoms with Crippen LogP contribution in [0.1, 0.15) is 27.2 Å². The summed E-state index contributed by atoms with van der Waals surface area (Å²) in [7, 11) is 1.59. The topological polar surface area (TPSA) is 54.5 Å². The van der Waals surface area contributed by atoms with Gasteiger partial charge in [0.25, 0.3) is 5.91 Å². The predicted octanol–water partition coefficient (Wildman–Crippen LogP) is 4.21. The first-order valence-corrected chi connectivity index (χ1v) is 9.38. The number of benzene rings is 2. The third-order valence-corrected chi connectivity index (χ3v) is 5.08. The number of carbonyl (C=O) groups is 1. The fourth-order valence-electron chi connectivity index (χ4n) is 3.56. The highest BCUT2D eigenvalue weighted by Gasteiger charge is 2.18. The van der Waals surface area contributed by atoms with Crippen molar-refractivity contribution in [2.75, 3.05) is 23.9 Å². The van der Waals surface area contributed by atoms with Gasteiger partial charge in [-0.2, -0.15) is 0 Å². The molecule has 0 radical (unpaired) electrons. The molecule has 2 aromatic carbocycles. The van der Waals surface area contributed by atoms with Gasteiger partial charge in [-0.3, -0.25) is 9.78 Å². The van der Waals surface area contributed by atoms with E-state index in [1.165, 1.54) is 11.1 Å². The van der Waals surface area contributed by atoms with Crippen molar-refractivity contribution in [1.29, 1.82) is 0 Å². The van der Waals surface area contributed by atoms with Crippen molar-refractivity contribution in [2.45, 2.75) is 19.9 Å². The third-order valence-electron chi connectivity index (χ3n) is 5.08. The number of amides is 1. The fraction of sp³-hybridized carbons (Fsp3) is 0.217. The Kier molecular flexibility index (Phi) is 4.98. The van der Waals surface area contributed by atoms with Gasteiger partial charge in [-0.15, -0.1) is 0 Å². The zero-order valence-electron chi connectivity index (χ0n) is 16.1. The smallest absolute Gasteiger partial charge is 0.274 e. The van der Waals surface area contributed by atoms with Gasteiger partial charge in [-0.25, -0.2) is 0 Å². The molecule has 0 saturated carbocycles. The van der Waals surface area contributed by atoms with Crippen LogP contribution in [0.25, 0.3) is 0 Å². The summed E-state index contributed by atoms with van der Waals surface area (Å²) in [6, 6.07) is 18.0. The van der Waals surface area contributed by atoms with Crippen molar-refractivity contribution in [3.05, 3.63) is 83.2 Å². The molecule has 4 rings (SSSR count). The second-order valence-corrected chi connectivity index (χ2v) is 7.00. The van der Waals surface area contributed by atoms with Gasteiger partial charge in [0.2, 0.25) is 0 Å². The van der Waals surface area contributed by atoms with Gasteiger partial charge in [0, 0.05) is 25.0 Å². The first-order chi connectivity index (χ1) is 13.6. The molecule has 28 heavy (non-hydrogen) atoms. The lowest BCUT2D eigenvalue weighted by Crippen LogP contribution is -2.30. The summed E-state index contributed by atoms with van der Waals surface area (Å²) in [5.74, 6) is 0.380. The van der Waals surface area contributed by atoms with E-state index in [4.69, 9.17) is 4.74 Å². The Morgan fingerprint density at radius 3 is 2.75 bits per heavy atom. The average Bonchev–Trinajstić information content (AvgIpc) is 2.73. The molecule has 1 amide bonds. The van der Waals surface area contributed by atoms with Gasteiger partial charge >= 0.3 is 0 Å². The molecule has 5 nitrogen and oxygen atoms in total.